The summed E-state index contributed by atoms with van der Waals surface area (Å²) in [5.41, 5.74) is 7.70. The monoisotopic (exact) mass is 426 g/mol. The molecule has 2 aromatic rings. The van der Waals surface area contributed by atoms with Crippen LogP contribution in [0.2, 0.25) is 0 Å². The summed E-state index contributed by atoms with van der Waals surface area (Å²) in [7, 11) is 0. The number of nitrogens with zero attached hydrogens (tertiary/aromatic N) is 2. The Hall–Kier alpha value is -2.38. The highest BCUT2D eigenvalue weighted by molar-refractivity contribution is 7.14. The van der Waals surface area contributed by atoms with Crippen molar-refractivity contribution in [3.05, 3.63) is 51.7 Å². The van der Waals surface area contributed by atoms with Gasteiger partial charge in [-0.1, -0.05) is 25.1 Å². The molecule has 1 aromatic carbocycles. The normalized spacial score (nSPS) is 19.2. The molecular weight excluding hydrogens is 396 g/mol. The van der Waals surface area contributed by atoms with Gasteiger partial charge in [0.25, 0.3) is 5.91 Å². The highest BCUT2D eigenvalue weighted by atomic mass is 32.1. The summed E-state index contributed by atoms with van der Waals surface area (Å²) in [5.74, 6) is 0.313. The van der Waals surface area contributed by atoms with E-state index in [0.717, 1.165) is 39.0 Å². The Labute approximate surface area is 182 Å². The van der Waals surface area contributed by atoms with Gasteiger partial charge in [-0.05, 0) is 48.9 Å². The number of hydrogen-bond acceptors (Lipinski definition) is 5. The summed E-state index contributed by atoms with van der Waals surface area (Å²) in [6.07, 6.45) is 3.66. The Balaban J connectivity index is 1.16. The quantitative estimate of drug-likeness (QED) is 0.722. The van der Waals surface area contributed by atoms with E-state index >= 15 is 0 Å². The van der Waals surface area contributed by atoms with Crippen LogP contribution < -0.4 is 15.8 Å². The number of nitrogens with one attached hydrogen (secondary N) is 2. The molecule has 160 valence electrons. The van der Waals surface area contributed by atoms with Crippen LogP contribution in [0.1, 0.15) is 39.9 Å². The lowest BCUT2D eigenvalue weighted by Gasteiger charge is -2.36. The second kappa shape index (κ2) is 9.62. The molecule has 1 saturated heterocycles. The fourth-order valence-corrected chi connectivity index (χ4v) is 5.30. The molecule has 1 aromatic heterocycles. The third kappa shape index (κ3) is 5.21. The smallest absolute Gasteiger partial charge is 0.279 e. The predicted octanol–water partition coefficient (Wildman–Crippen LogP) is 2.85. The number of rotatable bonds is 5. The van der Waals surface area contributed by atoms with Gasteiger partial charge in [0.05, 0.1) is 4.88 Å². The third-order valence-electron chi connectivity index (χ3n) is 6.02. The van der Waals surface area contributed by atoms with Crippen LogP contribution in [0.3, 0.4) is 0 Å². The number of hydrazine groups is 1. The molecule has 2 N–H and O–H groups in total. The third-order valence-corrected chi connectivity index (χ3v) is 7.25. The molecule has 0 radical (unpaired) electrons. The topological polar surface area (TPSA) is 64.7 Å². The SMILES string of the molecule is C[C@@H]1CCc2sc(C(=O)NNC(=O)CCN3CCN(c4ccccc4)CC3)cc2C1. The minimum absolute atomic E-state index is 0.149. The maximum atomic E-state index is 12.4. The summed E-state index contributed by atoms with van der Waals surface area (Å²) in [4.78, 5) is 31.3. The van der Waals surface area contributed by atoms with Crippen molar-refractivity contribution in [2.75, 3.05) is 37.6 Å². The number of para-hydroxylation sites is 1. The van der Waals surface area contributed by atoms with Gasteiger partial charge in [0.15, 0.2) is 0 Å². The Morgan fingerprint density at radius 3 is 2.63 bits per heavy atom. The van der Waals surface area contributed by atoms with Crippen LogP contribution in [0.25, 0.3) is 0 Å². The van der Waals surface area contributed by atoms with Gasteiger partial charge in [-0.25, -0.2) is 0 Å². The Kier molecular flexibility index (Phi) is 6.69. The summed E-state index contributed by atoms with van der Waals surface area (Å²) in [6.45, 7) is 6.76. The van der Waals surface area contributed by atoms with Gasteiger partial charge in [-0.3, -0.25) is 25.3 Å². The van der Waals surface area contributed by atoms with E-state index in [-0.39, 0.29) is 11.8 Å². The van der Waals surface area contributed by atoms with Crippen molar-refractivity contribution in [2.24, 2.45) is 5.92 Å². The van der Waals surface area contributed by atoms with E-state index in [4.69, 9.17) is 0 Å². The van der Waals surface area contributed by atoms with Crippen LogP contribution in [0.4, 0.5) is 5.69 Å². The first-order valence-electron chi connectivity index (χ1n) is 10.8. The summed E-state index contributed by atoms with van der Waals surface area (Å²) in [5, 5.41) is 0. The van der Waals surface area contributed by atoms with Crippen molar-refractivity contribution >= 4 is 28.8 Å². The molecule has 0 spiro atoms. The fourth-order valence-electron chi connectivity index (χ4n) is 4.20. The second-order valence-electron chi connectivity index (χ2n) is 8.32. The van der Waals surface area contributed by atoms with Crippen LogP contribution in [0.15, 0.2) is 36.4 Å². The molecule has 1 aliphatic carbocycles. The Morgan fingerprint density at radius 1 is 1.10 bits per heavy atom. The Morgan fingerprint density at radius 2 is 1.87 bits per heavy atom. The van der Waals surface area contributed by atoms with Crippen molar-refractivity contribution in [1.82, 2.24) is 15.8 Å². The maximum Gasteiger partial charge on any atom is 0.279 e. The molecule has 2 heterocycles. The molecule has 2 amide bonds. The number of piperazine rings is 1. The predicted molar refractivity (Wildman–Crippen MR) is 121 cm³/mol. The zero-order chi connectivity index (χ0) is 20.9. The molecule has 0 unspecified atom stereocenters. The first kappa shape index (κ1) is 20.9. The molecule has 1 aliphatic heterocycles. The lowest BCUT2D eigenvalue weighted by Crippen LogP contribution is -2.48. The van der Waals surface area contributed by atoms with Gasteiger partial charge in [-0.2, -0.15) is 0 Å². The molecule has 2 aliphatic rings. The number of aryl methyl sites for hydroxylation is 1. The van der Waals surface area contributed by atoms with Crippen LogP contribution in [-0.2, 0) is 17.6 Å². The van der Waals surface area contributed by atoms with E-state index in [9.17, 15) is 9.59 Å². The number of carbonyl (C=O) groups is 2. The van der Waals surface area contributed by atoms with Crippen LogP contribution in [-0.4, -0.2) is 49.4 Å². The van der Waals surface area contributed by atoms with E-state index in [2.05, 4.69) is 51.8 Å². The highest BCUT2D eigenvalue weighted by Gasteiger charge is 2.21. The zero-order valence-electron chi connectivity index (χ0n) is 17.5. The summed E-state index contributed by atoms with van der Waals surface area (Å²) in [6, 6.07) is 12.4. The van der Waals surface area contributed by atoms with Crippen LogP contribution >= 0.6 is 11.3 Å². The van der Waals surface area contributed by atoms with Gasteiger partial charge >= 0.3 is 0 Å². The van der Waals surface area contributed by atoms with Crippen molar-refractivity contribution in [2.45, 2.75) is 32.6 Å². The molecule has 0 saturated carbocycles. The Bertz CT molecular complexity index is 875. The average Bonchev–Trinajstić information content (AvgIpc) is 3.20. The van der Waals surface area contributed by atoms with Gasteiger partial charge in [0, 0.05) is 49.7 Å². The number of amides is 2. The van der Waals surface area contributed by atoms with Gasteiger partial charge < -0.3 is 4.90 Å². The lowest BCUT2D eigenvalue weighted by molar-refractivity contribution is -0.122. The van der Waals surface area contributed by atoms with Crippen molar-refractivity contribution in [3.63, 3.8) is 0 Å². The van der Waals surface area contributed by atoms with Crippen molar-refractivity contribution in [3.8, 4) is 0 Å². The lowest BCUT2D eigenvalue weighted by atomic mass is 9.90. The van der Waals surface area contributed by atoms with Gasteiger partial charge in [0.2, 0.25) is 5.91 Å². The molecule has 4 rings (SSSR count). The van der Waals surface area contributed by atoms with Crippen LogP contribution in [0, 0.1) is 5.92 Å². The fraction of sp³-hybridized carbons (Fsp3) is 0.478. The molecule has 7 heteroatoms. The molecule has 1 fully saturated rings. The second-order valence-corrected chi connectivity index (χ2v) is 9.46. The van der Waals surface area contributed by atoms with E-state index in [1.54, 1.807) is 11.3 Å². The minimum atomic E-state index is -0.216. The number of thiophene rings is 1. The summed E-state index contributed by atoms with van der Waals surface area (Å²) < 4.78 is 0. The molecular formula is C23H30N4O2S. The van der Waals surface area contributed by atoms with E-state index in [0.29, 0.717) is 23.8 Å². The van der Waals surface area contributed by atoms with E-state index < -0.39 is 0 Å². The van der Waals surface area contributed by atoms with Crippen molar-refractivity contribution < 1.29 is 9.59 Å². The number of fused-ring (bicyclic) bond motifs is 1. The maximum absolute atomic E-state index is 12.4. The van der Waals surface area contributed by atoms with Gasteiger partial charge in [-0.15, -0.1) is 11.3 Å². The number of carbonyl (C=O) groups excluding carboxylic acids is 2. The average molecular weight is 427 g/mol. The van der Waals surface area contributed by atoms with E-state index in [1.165, 1.54) is 22.5 Å². The van der Waals surface area contributed by atoms with Gasteiger partial charge in [0.1, 0.15) is 0 Å². The number of anilines is 1. The highest BCUT2D eigenvalue weighted by Crippen LogP contribution is 2.32. The first-order chi connectivity index (χ1) is 14.6. The number of benzene rings is 1. The molecule has 30 heavy (non-hydrogen) atoms. The minimum Gasteiger partial charge on any atom is -0.369 e. The summed E-state index contributed by atoms with van der Waals surface area (Å²) >= 11 is 1.56. The molecule has 6 nitrogen and oxygen atoms in total. The van der Waals surface area contributed by atoms with E-state index in [1.807, 2.05) is 12.1 Å². The first-order valence-corrected chi connectivity index (χ1v) is 11.6. The standard InChI is InChI=1S/C23H30N4O2S/c1-17-7-8-20-18(15-17)16-21(30-20)23(29)25-24-22(28)9-10-26-11-13-27(14-12-26)19-5-3-2-4-6-19/h2-6,16-17H,7-15H2,1H3,(H,24,28)(H,25,29)/t17-/m1/s1. The van der Waals surface area contributed by atoms with Crippen molar-refractivity contribution in [1.29, 1.82) is 0 Å². The molecule has 1 atom stereocenters. The number of hydrogen-bond donors (Lipinski definition) is 2. The largest absolute Gasteiger partial charge is 0.369 e. The van der Waals surface area contributed by atoms with Crippen LogP contribution in [0.5, 0.6) is 0 Å². The zero-order valence-corrected chi connectivity index (χ0v) is 18.3. The molecule has 0 bridgehead atoms.